The van der Waals surface area contributed by atoms with Crippen molar-refractivity contribution in [2.45, 2.75) is 24.9 Å². The van der Waals surface area contributed by atoms with Gasteiger partial charge in [0.25, 0.3) is 0 Å². The minimum absolute atomic E-state index is 0.0467. The number of pyridine rings is 1. The number of fused-ring (bicyclic) bond motifs is 7. The first-order chi connectivity index (χ1) is 21.4. The average Bonchev–Trinajstić information content (AvgIpc) is 3.64. The number of nitrogen functional groups attached to an aromatic ring is 1. The number of carbonyl (C=O) groups is 1. The fourth-order valence-corrected chi connectivity index (χ4v) is 6.05. The third-order valence-corrected chi connectivity index (χ3v) is 8.16. The van der Waals surface area contributed by atoms with Crippen LogP contribution < -0.4 is 21.3 Å². The third-order valence-electron chi connectivity index (χ3n) is 8.16. The summed E-state index contributed by atoms with van der Waals surface area (Å²) >= 11 is 0. The molecule has 1 fully saturated rings. The highest BCUT2D eigenvalue weighted by Gasteiger charge is 2.40. The summed E-state index contributed by atoms with van der Waals surface area (Å²) < 4.78 is 29.6. The second-order valence-electron chi connectivity index (χ2n) is 11.0. The summed E-state index contributed by atoms with van der Waals surface area (Å²) in [7, 11) is 1.80. The molecule has 44 heavy (non-hydrogen) atoms. The van der Waals surface area contributed by atoms with Crippen LogP contribution >= 0.6 is 0 Å². The molecule has 0 radical (unpaired) electrons. The van der Waals surface area contributed by atoms with E-state index in [9.17, 15) is 13.6 Å². The molecule has 13 heteroatoms. The molecular formula is C31H30F2N10O. The molecule has 5 heterocycles. The van der Waals surface area contributed by atoms with Crippen LogP contribution in [0.4, 0.5) is 31.8 Å². The second kappa shape index (κ2) is 11.1. The van der Waals surface area contributed by atoms with Gasteiger partial charge in [-0.05, 0) is 43.2 Å². The predicted octanol–water partition coefficient (Wildman–Crippen LogP) is 4.07. The molecular weight excluding hydrogens is 566 g/mol. The number of nitrogens with two attached hydrogens (primary N) is 1. The number of hydrogen-bond acceptors (Lipinski definition) is 9. The maximum absolute atomic E-state index is 14.7. The van der Waals surface area contributed by atoms with Gasteiger partial charge in [0, 0.05) is 44.4 Å². The van der Waals surface area contributed by atoms with Crippen molar-refractivity contribution in [3.8, 4) is 16.9 Å². The molecule has 2 aliphatic heterocycles. The summed E-state index contributed by atoms with van der Waals surface area (Å²) in [6.45, 7) is 1.59. The summed E-state index contributed by atoms with van der Waals surface area (Å²) in [4.78, 5) is 31.5. The monoisotopic (exact) mass is 596 g/mol. The summed E-state index contributed by atoms with van der Waals surface area (Å²) in [5.74, 6) is -0.319. The van der Waals surface area contributed by atoms with Crippen molar-refractivity contribution in [2.24, 2.45) is 0 Å². The number of nitrogens with zero attached hydrogens (tertiary/aromatic N) is 7. The molecule has 0 saturated carbocycles. The minimum Gasteiger partial charge on any atom is -0.397 e. The lowest BCUT2D eigenvalue weighted by atomic mass is 10.1. The van der Waals surface area contributed by atoms with Gasteiger partial charge in [-0.15, -0.1) is 0 Å². The number of hydrogen-bond donors (Lipinski definition) is 3. The smallest absolute Gasteiger partial charge is 0.245 e. The van der Waals surface area contributed by atoms with Crippen molar-refractivity contribution >= 4 is 40.0 Å². The zero-order valence-electron chi connectivity index (χ0n) is 23.9. The lowest BCUT2D eigenvalue weighted by Gasteiger charge is -2.29. The lowest BCUT2D eigenvalue weighted by Crippen LogP contribution is -2.45. The average molecular weight is 597 g/mol. The van der Waals surface area contributed by atoms with Gasteiger partial charge in [-0.2, -0.15) is 5.10 Å². The van der Waals surface area contributed by atoms with E-state index in [1.54, 1.807) is 18.1 Å². The van der Waals surface area contributed by atoms with E-state index in [1.807, 2.05) is 41.3 Å². The minimum atomic E-state index is -0.766. The molecule has 4 N–H and O–H groups in total. The van der Waals surface area contributed by atoms with Gasteiger partial charge in [-0.1, -0.05) is 18.2 Å². The number of para-hydroxylation sites is 1. The number of benzene rings is 2. The molecule has 224 valence electrons. The van der Waals surface area contributed by atoms with Crippen LogP contribution in [0.3, 0.4) is 0 Å². The Morgan fingerprint density at radius 3 is 2.80 bits per heavy atom. The maximum Gasteiger partial charge on any atom is 0.245 e. The van der Waals surface area contributed by atoms with E-state index >= 15 is 0 Å². The topological polar surface area (TPSA) is 130 Å². The quantitative estimate of drug-likeness (QED) is 0.258. The highest BCUT2D eigenvalue weighted by Crippen LogP contribution is 2.35. The molecule has 3 aromatic heterocycles. The molecule has 7 rings (SSSR count). The van der Waals surface area contributed by atoms with E-state index in [-0.39, 0.29) is 17.6 Å². The van der Waals surface area contributed by atoms with Gasteiger partial charge in [0.2, 0.25) is 5.91 Å². The van der Waals surface area contributed by atoms with Gasteiger partial charge in [0.15, 0.2) is 11.5 Å². The van der Waals surface area contributed by atoms with Crippen LogP contribution in [0.5, 0.6) is 0 Å². The third kappa shape index (κ3) is 4.89. The highest BCUT2D eigenvalue weighted by atomic mass is 19.1. The molecule has 2 unspecified atom stereocenters. The molecule has 5 aromatic rings. The normalized spacial score (nSPS) is 18.8. The van der Waals surface area contributed by atoms with E-state index in [0.717, 1.165) is 23.0 Å². The first-order valence-electron chi connectivity index (χ1n) is 14.4. The first kappa shape index (κ1) is 27.5. The fourth-order valence-electron chi connectivity index (χ4n) is 6.05. The summed E-state index contributed by atoms with van der Waals surface area (Å²) in [5, 5.41) is 11.9. The number of amides is 1. The van der Waals surface area contributed by atoms with Gasteiger partial charge >= 0.3 is 0 Å². The molecule has 2 atom stereocenters. The molecule has 2 aliphatic rings. The van der Waals surface area contributed by atoms with Crippen molar-refractivity contribution in [1.29, 1.82) is 0 Å². The van der Waals surface area contributed by atoms with E-state index in [1.165, 1.54) is 23.1 Å². The van der Waals surface area contributed by atoms with Crippen molar-refractivity contribution in [2.75, 3.05) is 47.9 Å². The van der Waals surface area contributed by atoms with Crippen molar-refractivity contribution in [3.05, 3.63) is 78.8 Å². The van der Waals surface area contributed by atoms with Crippen LogP contribution in [0, 0.1) is 11.6 Å². The first-order valence-corrected chi connectivity index (χ1v) is 14.4. The van der Waals surface area contributed by atoms with Gasteiger partial charge < -0.3 is 26.2 Å². The predicted molar refractivity (Wildman–Crippen MR) is 165 cm³/mol. The molecule has 2 aromatic carbocycles. The Morgan fingerprint density at radius 1 is 1.07 bits per heavy atom. The number of nitrogens with one attached hydrogen (secondary N) is 2. The molecule has 11 nitrogen and oxygen atoms in total. The van der Waals surface area contributed by atoms with Gasteiger partial charge in [-0.3, -0.25) is 4.79 Å². The maximum atomic E-state index is 14.7. The number of carbonyl (C=O) groups excluding carboxylic acids is 1. The molecule has 0 aliphatic carbocycles. The number of aromatic nitrogens is 5. The largest absolute Gasteiger partial charge is 0.397 e. The Hall–Kier alpha value is -5.33. The number of likely N-dealkylation sites (N-methyl/N-ethyl adjacent to an activating group) is 1. The van der Waals surface area contributed by atoms with Gasteiger partial charge in [0.05, 0.1) is 28.7 Å². The van der Waals surface area contributed by atoms with E-state index in [2.05, 4.69) is 25.7 Å². The molecule has 1 amide bonds. The number of halogens is 2. The van der Waals surface area contributed by atoms with Crippen LogP contribution in [0.15, 0.2) is 67.1 Å². The SMILES string of the molecule is CN1CCCNc2c(N)cccc2-c2cccc(n2)NC2CC(C1=O)N(c1ncnc3c1cnn3-c1ccc(F)cc1F)C2. The zero-order valence-corrected chi connectivity index (χ0v) is 23.9. The standard InChI is InChI=1S/C31H30F2N10O/c1-41-12-4-11-35-28-20(5-2-6-23(28)34)24-7-3-8-27(40-24)39-19-14-26(31(41)44)42(16-19)29-21-15-38-43(30(21)37-17-36-29)25-10-9-18(32)13-22(25)33/h2-3,5-10,13,15,17,19,26,35H,4,11-12,14,16,34H2,1H3,(H,39,40). The van der Waals surface area contributed by atoms with Gasteiger partial charge in [-0.25, -0.2) is 28.4 Å². The highest BCUT2D eigenvalue weighted by molar-refractivity contribution is 5.93. The van der Waals surface area contributed by atoms with Crippen molar-refractivity contribution in [3.63, 3.8) is 0 Å². The lowest BCUT2D eigenvalue weighted by molar-refractivity contribution is -0.131. The molecule has 1 saturated heterocycles. The summed E-state index contributed by atoms with van der Waals surface area (Å²) in [5.41, 5.74) is 9.87. The second-order valence-corrected chi connectivity index (χ2v) is 11.0. The number of rotatable bonds is 2. The van der Waals surface area contributed by atoms with Crippen molar-refractivity contribution < 1.29 is 13.6 Å². The Kier molecular flexibility index (Phi) is 6.91. The Balaban J connectivity index is 1.27. The van der Waals surface area contributed by atoms with E-state index in [4.69, 9.17) is 10.7 Å². The van der Waals surface area contributed by atoms with Crippen LogP contribution in [0.1, 0.15) is 12.8 Å². The molecule has 0 spiro atoms. The van der Waals surface area contributed by atoms with Crippen LogP contribution in [0.25, 0.3) is 28.0 Å². The zero-order chi connectivity index (χ0) is 30.4. The molecule has 4 bridgehead atoms. The van der Waals surface area contributed by atoms with E-state index in [0.29, 0.717) is 60.8 Å². The Labute approximate surface area is 251 Å². The van der Waals surface area contributed by atoms with Crippen LogP contribution in [0.2, 0.25) is 0 Å². The van der Waals surface area contributed by atoms with Crippen LogP contribution in [-0.2, 0) is 4.79 Å². The van der Waals surface area contributed by atoms with Crippen LogP contribution in [-0.4, -0.2) is 74.3 Å². The van der Waals surface area contributed by atoms with E-state index < -0.39 is 17.7 Å². The fraction of sp³-hybridized carbons (Fsp3) is 0.258. The Bertz CT molecular complexity index is 1880. The summed E-state index contributed by atoms with van der Waals surface area (Å²) in [6.07, 6.45) is 4.12. The summed E-state index contributed by atoms with van der Waals surface area (Å²) in [6, 6.07) is 14.2. The number of anilines is 4. The van der Waals surface area contributed by atoms with Gasteiger partial charge in [0.1, 0.15) is 35.5 Å². The van der Waals surface area contributed by atoms with Crippen molar-refractivity contribution in [1.82, 2.24) is 29.6 Å². The Morgan fingerprint density at radius 2 is 1.93 bits per heavy atom.